The largest absolute Gasteiger partial charge is 0.493 e. The quantitative estimate of drug-likeness (QED) is 0.737. The molecule has 7 nitrogen and oxygen atoms in total. The molecule has 1 aromatic rings. The minimum Gasteiger partial charge on any atom is -0.493 e. The van der Waals surface area contributed by atoms with E-state index >= 15 is 0 Å². The van der Waals surface area contributed by atoms with Crippen LogP contribution in [-0.4, -0.2) is 62.0 Å². The Bertz CT molecular complexity index is 857. The van der Waals surface area contributed by atoms with Gasteiger partial charge >= 0.3 is 5.97 Å². The fourth-order valence-electron chi connectivity index (χ4n) is 3.75. The number of carboxylic acids is 1. The van der Waals surface area contributed by atoms with E-state index in [1.807, 2.05) is 0 Å². The van der Waals surface area contributed by atoms with Crippen LogP contribution in [0.1, 0.15) is 47.5 Å². The molecule has 154 valence electrons. The van der Waals surface area contributed by atoms with Gasteiger partial charge in [-0.2, -0.15) is 0 Å². The standard InChI is InChI=1S/C19H24FNO6S/c20-18-15(19(22)23)3-4-16(17(18)13-1-2-13)27-9-12-5-7-21(8-6-12)28(24,25)14-10-26-11-14/h3-4,12-14H,1-2,5-11H2,(H,22,23). The van der Waals surface area contributed by atoms with Crippen molar-refractivity contribution in [1.82, 2.24) is 4.31 Å². The molecule has 1 saturated carbocycles. The molecule has 0 atom stereocenters. The van der Waals surface area contributed by atoms with Crippen LogP contribution in [0.25, 0.3) is 0 Å². The second kappa shape index (κ2) is 7.61. The number of carbonyl (C=O) groups is 1. The van der Waals surface area contributed by atoms with Gasteiger partial charge in [-0.1, -0.05) is 0 Å². The second-order valence-electron chi connectivity index (χ2n) is 7.78. The number of carboxylic acid groups (broad SMARTS) is 1. The van der Waals surface area contributed by atoms with Crippen LogP contribution in [0.2, 0.25) is 0 Å². The molecule has 2 heterocycles. The number of aromatic carboxylic acids is 1. The molecule has 0 unspecified atom stereocenters. The molecule has 3 fully saturated rings. The Kier molecular flexibility index (Phi) is 5.32. The Labute approximate surface area is 163 Å². The summed E-state index contributed by atoms with van der Waals surface area (Å²) < 4.78 is 51.9. The van der Waals surface area contributed by atoms with Gasteiger partial charge in [-0.15, -0.1) is 0 Å². The fourth-order valence-corrected chi connectivity index (χ4v) is 5.43. The van der Waals surface area contributed by atoms with Gasteiger partial charge in [-0.25, -0.2) is 21.9 Å². The van der Waals surface area contributed by atoms with Gasteiger partial charge in [0.15, 0.2) is 0 Å². The maximum Gasteiger partial charge on any atom is 0.338 e. The zero-order valence-corrected chi connectivity index (χ0v) is 16.3. The molecular weight excluding hydrogens is 389 g/mol. The summed E-state index contributed by atoms with van der Waals surface area (Å²) in [7, 11) is -3.28. The number of piperidine rings is 1. The van der Waals surface area contributed by atoms with E-state index in [1.165, 1.54) is 16.4 Å². The smallest absolute Gasteiger partial charge is 0.338 e. The van der Waals surface area contributed by atoms with Crippen LogP contribution < -0.4 is 4.74 Å². The van der Waals surface area contributed by atoms with Crippen molar-refractivity contribution in [3.8, 4) is 5.75 Å². The third-order valence-electron chi connectivity index (χ3n) is 5.79. The van der Waals surface area contributed by atoms with Crippen molar-refractivity contribution in [3.63, 3.8) is 0 Å². The Morgan fingerprint density at radius 1 is 1.21 bits per heavy atom. The van der Waals surface area contributed by atoms with Crippen molar-refractivity contribution >= 4 is 16.0 Å². The summed E-state index contributed by atoms with van der Waals surface area (Å²) in [5, 5.41) is 8.71. The van der Waals surface area contributed by atoms with E-state index in [0.717, 1.165) is 12.8 Å². The van der Waals surface area contributed by atoms with Gasteiger partial charge in [-0.3, -0.25) is 0 Å². The predicted octanol–water partition coefficient (Wildman–Crippen LogP) is 2.22. The Balaban J connectivity index is 1.37. The first kappa shape index (κ1) is 19.6. The molecule has 0 radical (unpaired) electrons. The third kappa shape index (κ3) is 3.75. The van der Waals surface area contributed by atoms with Gasteiger partial charge in [0.05, 0.1) is 25.4 Å². The lowest BCUT2D eigenvalue weighted by Crippen LogP contribution is -2.51. The van der Waals surface area contributed by atoms with E-state index in [2.05, 4.69) is 0 Å². The number of hydrogen-bond acceptors (Lipinski definition) is 5. The van der Waals surface area contributed by atoms with Crippen LogP contribution in [0.3, 0.4) is 0 Å². The summed E-state index contributed by atoms with van der Waals surface area (Å²) in [5.74, 6) is -1.37. The highest BCUT2D eigenvalue weighted by Gasteiger charge is 2.39. The first-order valence-electron chi connectivity index (χ1n) is 9.63. The van der Waals surface area contributed by atoms with Crippen LogP contribution in [0.15, 0.2) is 12.1 Å². The minimum absolute atomic E-state index is 0.0194. The predicted molar refractivity (Wildman–Crippen MR) is 98.7 cm³/mol. The molecule has 28 heavy (non-hydrogen) atoms. The van der Waals surface area contributed by atoms with Crippen LogP contribution in [0.4, 0.5) is 4.39 Å². The van der Waals surface area contributed by atoms with E-state index in [9.17, 15) is 17.6 Å². The Morgan fingerprint density at radius 3 is 2.43 bits per heavy atom. The maximum absolute atomic E-state index is 14.6. The van der Waals surface area contributed by atoms with Crippen molar-refractivity contribution in [2.45, 2.75) is 36.9 Å². The Hall–Kier alpha value is -1.71. The van der Waals surface area contributed by atoms with Crippen LogP contribution in [0, 0.1) is 11.7 Å². The van der Waals surface area contributed by atoms with E-state index in [0.29, 0.717) is 43.9 Å². The van der Waals surface area contributed by atoms with Crippen molar-refractivity contribution in [2.75, 3.05) is 32.9 Å². The number of nitrogens with zero attached hydrogens (tertiary/aromatic N) is 1. The molecular formula is C19H24FNO6S. The number of benzene rings is 1. The van der Waals surface area contributed by atoms with E-state index < -0.39 is 27.1 Å². The van der Waals surface area contributed by atoms with Gasteiger partial charge in [0, 0.05) is 18.7 Å². The lowest BCUT2D eigenvalue weighted by Gasteiger charge is -2.36. The molecule has 1 aromatic carbocycles. The van der Waals surface area contributed by atoms with Gasteiger partial charge in [0.1, 0.15) is 16.8 Å². The van der Waals surface area contributed by atoms with Crippen molar-refractivity contribution in [1.29, 1.82) is 0 Å². The van der Waals surface area contributed by atoms with Crippen LogP contribution in [-0.2, 0) is 14.8 Å². The van der Waals surface area contributed by atoms with Gasteiger partial charge < -0.3 is 14.6 Å². The molecule has 0 aromatic heterocycles. The second-order valence-corrected chi connectivity index (χ2v) is 9.99. The fraction of sp³-hybridized carbons (Fsp3) is 0.632. The molecule has 2 aliphatic heterocycles. The number of sulfonamides is 1. The monoisotopic (exact) mass is 413 g/mol. The van der Waals surface area contributed by atoms with Gasteiger partial charge in [-0.05, 0) is 49.7 Å². The number of ether oxygens (including phenoxy) is 2. The molecule has 9 heteroatoms. The normalized spacial score (nSPS) is 22.0. The molecule has 1 N–H and O–H groups in total. The van der Waals surface area contributed by atoms with Crippen molar-refractivity contribution in [2.24, 2.45) is 5.92 Å². The Morgan fingerprint density at radius 2 is 1.89 bits per heavy atom. The summed E-state index contributed by atoms with van der Waals surface area (Å²) >= 11 is 0. The summed E-state index contributed by atoms with van der Waals surface area (Å²) in [6.07, 6.45) is 3.03. The van der Waals surface area contributed by atoms with Crippen molar-refractivity contribution in [3.05, 3.63) is 29.1 Å². The third-order valence-corrected chi connectivity index (χ3v) is 7.99. The van der Waals surface area contributed by atoms with Crippen molar-refractivity contribution < 1.29 is 32.2 Å². The number of rotatable bonds is 7. The van der Waals surface area contributed by atoms with Gasteiger partial charge in [0.25, 0.3) is 0 Å². The number of hydrogen-bond donors (Lipinski definition) is 1. The highest BCUT2D eigenvalue weighted by atomic mass is 32.2. The average Bonchev–Trinajstić information content (AvgIpc) is 3.43. The highest BCUT2D eigenvalue weighted by Crippen LogP contribution is 2.46. The summed E-state index contributed by atoms with van der Waals surface area (Å²) in [4.78, 5) is 11.2. The lowest BCUT2D eigenvalue weighted by atomic mass is 9.99. The molecule has 0 bridgehead atoms. The number of halogens is 1. The molecule has 0 amide bonds. The average molecular weight is 413 g/mol. The topological polar surface area (TPSA) is 93.1 Å². The first-order valence-corrected chi connectivity index (χ1v) is 11.1. The molecule has 3 aliphatic rings. The SMILES string of the molecule is O=C(O)c1ccc(OCC2CCN(S(=O)(=O)C3COC3)CC2)c(C2CC2)c1F. The molecule has 0 spiro atoms. The minimum atomic E-state index is -3.28. The zero-order valence-electron chi connectivity index (χ0n) is 15.5. The molecule has 2 saturated heterocycles. The molecule has 4 rings (SSSR count). The summed E-state index contributed by atoms with van der Waals surface area (Å²) in [6.45, 7) is 1.82. The van der Waals surface area contributed by atoms with E-state index in [-0.39, 0.29) is 30.6 Å². The van der Waals surface area contributed by atoms with Gasteiger partial charge in [0.2, 0.25) is 10.0 Å². The first-order chi connectivity index (χ1) is 13.4. The summed E-state index contributed by atoms with van der Waals surface area (Å²) in [6, 6.07) is 2.78. The maximum atomic E-state index is 14.6. The molecule has 1 aliphatic carbocycles. The van der Waals surface area contributed by atoms with Crippen LogP contribution in [0.5, 0.6) is 5.75 Å². The van der Waals surface area contributed by atoms with E-state index in [1.54, 1.807) is 0 Å². The highest BCUT2D eigenvalue weighted by molar-refractivity contribution is 7.89. The van der Waals surface area contributed by atoms with Crippen LogP contribution >= 0.6 is 0 Å². The summed E-state index contributed by atoms with van der Waals surface area (Å²) in [5.41, 5.74) is 0.0395. The zero-order chi connectivity index (χ0) is 19.9. The van der Waals surface area contributed by atoms with E-state index in [4.69, 9.17) is 14.6 Å². The lowest BCUT2D eigenvalue weighted by molar-refractivity contribution is 0.0384.